The van der Waals surface area contributed by atoms with Gasteiger partial charge in [0.15, 0.2) is 0 Å². The average Bonchev–Trinajstić information content (AvgIpc) is 2.26. The largest absolute Gasteiger partial charge is 0.348 e. The van der Waals surface area contributed by atoms with Crippen LogP contribution in [0.2, 0.25) is 0 Å². The number of hydrogen-bond donors (Lipinski definition) is 1. The molecular formula is C10H13ClN2O. The number of amides is 1. The molecule has 1 rings (SSSR count). The minimum atomic E-state index is -0.120. The summed E-state index contributed by atoms with van der Waals surface area (Å²) in [6.45, 7) is 1.98. The summed E-state index contributed by atoms with van der Waals surface area (Å²) in [5.74, 6) is 0.313. The molecule has 14 heavy (non-hydrogen) atoms. The maximum absolute atomic E-state index is 11.6. The number of halogens is 1. The topological polar surface area (TPSA) is 42.0 Å². The van der Waals surface area contributed by atoms with Crippen molar-refractivity contribution in [1.29, 1.82) is 0 Å². The molecule has 0 aliphatic heterocycles. The molecule has 0 saturated heterocycles. The minimum Gasteiger partial charge on any atom is -0.348 e. The first-order chi connectivity index (χ1) is 6.77. The molecule has 0 spiro atoms. The van der Waals surface area contributed by atoms with Gasteiger partial charge < -0.3 is 5.32 Å². The summed E-state index contributed by atoms with van der Waals surface area (Å²) < 4.78 is 0. The Balaban J connectivity index is 2.59. The fourth-order valence-electron chi connectivity index (χ4n) is 1.02. The number of alkyl halides is 1. The summed E-state index contributed by atoms with van der Waals surface area (Å²) >= 11 is 5.67. The van der Waals surface area contributed by atoms with Gasteiger partial charge in [-0.3, -0.25) is 9.78 Å². The lowest BCUT2D eigenvalue weighted by Gasteiger charge is -2.13. The predicted molar refractivity (Wildman–Crippen MR) is 56.5 cm³/mol. The molecule has 3 nitrogen and oxygen atoms in total. The van der Waals surface area contributed by atoms with E-state index in [0.717, 1.165) is 6.42 Å². The van der Waals surface area contributed by atoms with Crippen LogP contribution in [0.4, 0.5) is 0 Å². The van der Waals surface area contributed by atoms with E-state index in [1.54, 1.807) is 18.3 Å². The molecule has 0 radical (unpaired) electrons. The number of rotatable bonds is 4. The molecule has 0 fully saturated rings. The summed E-state index contributed by atoms with van der Waals surface area (Å²) in [5.41, 5.74) is 0.566. The Labute approximate surface area is 88.5 Å². The number of carbonyl (C=O) groups excluding carboxylic acids is 1. The van der Waals surface area contributed by atoms with Crippen molar-refractivity contribution in [2.75, 3.05) is 5.88 Å². The van der Waals surface area contributed by atoms with E-state index >= 15 is 0 Å². The quantitative estimate of drug-likeness (QED) is 0.774. The Kier molecular flexibility index (Phi) is 4.40. The summed E-state index contributed by atoms with van der Waals surface area (Å²) in [6.07, 6.45) is 4.00. The van der Waals surface area contributed by atoms with Crippen LogP contribution in [0.1, 0.15) is 23.7 Å². The van der Waals surface area contributed by atoms with Gasteiger partial charge in [0.25, 0.3) is 5.91 Å². The molecule has 1 N–H and O–H groups in total. The normalized spacial score (nSPS) is 12.1. The van der Waals surface area contributed by atoms with E-state index in [1.807, 2.05) is 6.92 Å². The maximum atomic E-state index is 11.6. The minimum absolute atomic E-state index is 0.0318. The lowest BCUT2D eigenvalue weighted by atomic mass is 10.2. The summed E-state index contributed by atoms with van der Waals surface area (Å²) in [5, 5.41) is 2.82. The zero-order valence-electron chi connectivity index (χ0n) is 8.03. The lowest BCUT2D eigenvalue weighted by Crippen LogP contribution is -2.35. The molecule has 1 amide bonds. The molecule has 1 unspecified atom stereocenters. The van der Waals surface area contributed by atoms with Gasteiger partial charge in [0.2, 0.25) is 0 Å². The van der Waals surface area contributed by atoms with Gasteiger partial charge in [-0.2, -0.15) is 0 Å². The van der Waals surface area contributed by atoms with Crippen LogP contribution in [0.3, 0.4) is 0 Å². The van der Waals surface area contributed by atoms with E-state index in [-0.39, 0.29) is 11.9 Å². The van der Waals surface area contributed by atoms with Crippen molar-refractivity contribution in [3.05, 3.63) is 30.1 Å². The van der Waals surface area contributed by atoms with Gasteiger partial charge in [-0.15, -0.1) is 11.6 Å². The van der Waals surface area contributed by atoms with Gasteiger partial charge in [-0.25, -0.2) is 0 Å². The predicted octanol–water partition coefficient (Wildman–Crippen LogP) is 1.83. The number of carbonyl (C=O) groups is 1. The average molecular weight is 213 g/mol. The number of nitrogens with zero attached hydrogens (tertiary/aromatic N) is 1. The Morgan fingerprint density at radius 3 is 3.00 bits per heavy atom. The number of aromatic nitrogens is 1. The van der Waals surface area contributed by atoms with E-state index in [2.05, 4.69) is 10.3 Å². The maximum Gasteiger partial charge on any atom is 0.253 e. The molecule has 4 heteroatoms. The van der Waals surface area contributed by atoms with Gasteiger partial charge >= 0.3 is 0 Å². The van der Waals surface area contributed by atoms with Crippen LogP contribution in [0.5, 0.6) is 0 Å². The third-order valence-electron chi connectivity index (χ3n) is 1.94. The Bertz CT molecular complexity index is 285. The summed E-state index contributed by atoms with van der Waals surface area (Å²) in [6, 6.07) is 3.49. The van der Waals surface area contributed by atoms with Crippen LogP contribution in [0, 0.1) is 0 Å². The Morgan fingerprint density at radius 1 is 1.71 bits per heavy atom. The first-order valence-electron chi connectivity index (χ1n) is 4.54. The van der Waals surface area contributed by atoms with Crippen LogP contribution < -0.4 is 5.32 Å². The molecule has 1 aromatic rings. The molecular weight excluding hydrogens is 200 g/mol. The highest BCUT2D eigenvalue weighted by Crippen LogP contribution is 1.99. The van der Waals surface area contributed by atoms with Crippen LogP contribution in [0.15, 0.2) is 24.5 Å². The zero-order valence-corrected chi connectivity index (χ0v) is 8.79. The van der Waals surface area contributed by atoms with Crippen molar-refractivity contribution in [3.8, 4) is 0 Å². The highest BCUT2D eigenvalue weighted by molar-refractivity contribution is 6.18. The van der Waals surface area contributed by atoms with Crippen LogP contribution in [-0.4, -0.2) is 22.8 Å². The van der Waals surface area contributed by atoms with Gasteiger partial charge in [0, 0.05) is 24.3 Å². The third-order valence-corrected chi connectivity index (χ3v) is 2.31. The molecule has 0 aromatic carbocycles. The smallest absolute Gasteiger partial charge is 0.253 e. The summed E-state index contributed by atoms with van der Waals surface area (Å²) in [7, 11) is 0. The molecule has 0 aliphatic rings. The lowest BCUT2D eigenvalue weighted by molar-refractivity contribution is 0.0939. The monoisotopic (exact) mass is 212 g/mol. The molecule has 1 aromatic heterocycles. The molecule has 0 aliphatic carbocycles. The van der Waals surface area contributed by atoms with Crippen molar-refractivity contribution >= 4 is 17.5 Å². The highest BCUT2D eigenvalue weighted by atomic mass is 35.5. The molecule has 76 valence electrons. The number of nitrogens with one attached hydrogen (secondary N) is 1. The standard InChI is InChI=1S/C10H13ClN2O/c1-2-9(6-11)13-10(14)8-4-3-5-12-7-8/h3-5,7,9H,2,6H2,1H3,(H,13,14). The van der Waals surface area contributed by atoms with Crippen molar-refractivity contribution < 1.29 is 4.79 Å². The highest BCUT2D eigenvalue weighted by Gasteiger charge is 2.10. The third kappa shape index (κ3) is 3.00. The van der Waals surface area contributed by atoms with Crippen LogP contribution in [0.25, 0.3) is 0 Å². The van der Waals surface area contributed by atoms with Crippen LogP contribution in [-0.2, 0) is 0 Å². The van der Waals surface area contributed by atoms with Crippen molar-refractivity contribution in [1.82, 2.24) is 10.3 Å². The fourth-order valence-corrected chi connectivity index (χ4v) is 1.31. The van der Waals surface area contributed by atoms with Crippen molar-refractivity contribution in [2.24, 2.45) is 0 Å². The number of hydrogen-bond acceptors (Lipinski definition) is 2. The Morgan fingerprint density at radius 2 is 2.50 bits per heavy atom. The van der Waals surface area contributed by atoms with Gasteiger partial charge in [-0.05, 0) is 18.6 Å². The second kappa shape index (κ2) is 5.60. The molecule has 0 saturated carbocycles. The van der Waals surface area contributed by atoms with Crippen molar-refractivity contribution in [3.63, 3.8) is 0 Å². The van der Waals surface area contributed by atoms with Gasteiger partial charge in [0.1, 0.15) is 0 Å². The Hall–Kier alpha value is -1.09. The molecule has 1 atom stereocenters. The van der Waals surface area contributed by atoms with E-state index in [4.69, 9.17) is 11.6 Å². The van der Waals surface area contributed by atoms with E-state index < -0.39 is 0 Å². The van der Waals surface area contributed by atoms with Gasteiger partial charge in [-0.1, -0.05) is 6.92 Å². The molecule has 0 bridgehead atoms. The number of pyridine rings is 1. The summed E-state index contributed by atoms with van der Waals surface area (Å²) in [4.78, 5) is 15.4. The molecule has 1 heterocycles. The van der Waals surface area contributed by atoms with Crippen molar-refractivity contribution in [2.45, 2.75) is 19.4 Å². The van der Waals surface area contributed by atoms with E-state index in [9.17, 15) is 4.79 Å². The first kappa shape index (κ1) is 11.0. The van der Waals surface area contributed by atoms with E-state index in [1.165, 1.54) is 6.20 Å². The zero-order chi connectivity index (χ0) is 10.4. The SMILES string of the molecule is CCC(CCl)NC(=O)c1cccnc1. The second-order valence-corrected chi connectivity index (χ2v) is 3.28. The fraction of sp³-hybridized carbons (Fsp3) is 0.400. The van der Waals surface area contributed by atoms with Crippen LogP contribution >= 0.6 is 11.6 Å². The second-order valence-electron chi connectivity index (χ2n) is 2.97. The first-order valence-corrected chi connectivity index (χ1v) is 5.08. The van der Waals surface area contributed by atoms with E-state index in [0.29, 0.717) is 11.4 Å². The van der Waals surface area contributed by atoms with Gasteiger partial charge in [0.05, 0.1) is 5.56 Å².